The first-order chi connectivity index (χ1) is 5.36. The van der Waals surface area contributed by atoms with E-state index in [9.17, 15) is 0 Å². The smallest absolute Gasteiger partial charge is 0.211 e. The van der Waals surface area contributed by atoms with E-state index in [0.29, 0.717) is 6.10 Å². The van der Waals surface area contributed by atoms with Crippen molar-refractivity contribution in [2.45, 2.75) is 6.10 Å². The van der Waals surface area contributed by atoms with Gasteiger partial charge < -0.3 is 10.1 Å². The first-order valence-corrected chi connectivity index (χ1v) is 3.71. The number of ether oxygens (including phenoxy) is 1. The highest BCUT2D eigenvalue weighted by Gasteiger charge is 2.19. The van der Waals surface area contributed by atoms with Gasteiger partial charge in [0.05, 0.1) is 6.20 Å². The van der Waals surface area contributed by atoms with Crippen LogP contribution in [0.15, 0.2) is 12.3 Å². The topological polar surface area (TPSA) is 39.1 Å². The fourth-order valence-electron chi connectivity index (χ4n) is 0.994. The van der Waals surface area contributed by atoms with Crippen molar-refractivity contribution >= 4 is 0 Å². The highest BCUT2D eigenvalue weighted by molar-refractivity contribution is 5.08. The van der Waals surface area contributed by atoms with Gasteiger partial charge in [0, 0.05) is 26.2 Å². The van der Waals surface area contributed by atoms with Gasteiger partial charge in [-0.1, -0.05) is 0 Å². The summed E-state index contributed by atoms with van der Waals surface area (Å²) < 4.78 is 7.29. The third-order valence-corrected chi connectivity index (χ3v) is 1.81. The van der Waals surface area contributed by atoms with E-state index in [2.05, 4.69) is 10.4 Å². The van der Waals surface area contributed by atoms with E-state index < -0.39 is 0 Å². The lowest BCUT2D eigenvalue weighted by Gasteiger charge is -2.27. The number of aryl methyl sites for hydroxylation is 1. The number of rotatable bonds is 2. The highest BCUT2D eigenvalue weighted by Crippen LogP contribution is 2.10. The molecule has 1 aliphatic rings. The summed E-state index contributed by atoms with van der Waals surface area (Å²) in [5, 5.41) is 7.14. The lowest BCUT2D eigenvalue weighted by molar-refractivity contribution is 0.130. The van der Waals surface area contributed by atoms with Crippen molar-refractivity contribution < 1.29 is 4.74 Å². The molecule has 0 aromatic carbocycles. The summed E-state index contributed by atoms with van der Waals surface area (Å²) in [7, 11) is 1.88. The van der Waals surface area contributed by atoms with Crippen molar-refractivity contribution in [3.63, 3.8) is 0 Å². The minimum Gasteiger partial charge on any atom is -0.472 e. The molecule has 1 aliphatic heterocycles. The van der Waals surface area contributed by atoms with E-state index in [-0.39, 0.29) is 0 Å². The van der Waals surface area contributed by atoms with Gasteiger partial charge in [0.25, 0.3) is 0 Å². The van der Waals surface area contributed by atoms with Gasteiger partial charge >= 0.3 is 0 Å². The van der Waals surface area contributed by atoms with E-state index in [4.69, 9.17) is 4.74 Å². The molecule has 0 unspecified atom stereocenters. The molecule has 0 spiro atoms. The molecule has 0 aliphatic carbocycles. The van der Waals surface area contributed by atoms with Gasteiger partial charge in [0.15, 0.2) is 0 Å². The summed E-state index contributed by atoms with van der Waals surface area (Å²) in [4.78, 5) is 0. The molecule has 0 amide bonds. The normalized spacial score (nSPS) is 17.9. The van der Waals surface area contributed by atoms with Crippen molar-refractivity contribution in [3.05, 3.63) is 12.3 Å². The second-order valence-electron chi connectivity index (χ2n) is 2.69. The predicted octanol–water partition coefficient (Wildman–Crippen LogP) is -0.229. The van der Waals surface area contributed by atoms with E-state index in [1.165, 1.54) is 0 Å². The van der Waals surface area contributed by atoms with E-state index in [0.717, 1.165) is 19.0 Å². The van der Waals surface area contributed by atoms with Gasteiger partial charge in [-0.15, -0.1) is 0 Å². The predicted molar refractivity (Wildman–Crippen MR) is 40.5 cm³/mol. The Hall–Kier alpha value is -1.03. The zero-order chi connectivity index (χ0) is 7.68. The molecule has 4 heteroatoms. The molecule has 2 heterocycles. The van der Waals surface area contributed by atoms with Crippen molar-refractivity contribution in [3.8, 4) is 5.88 Å². The Kier molecular flexibility index (Phi) is 1.54. The van der Waals surface area contributed by atoms with Crippen LogP contribution in [-0.4, -0.2) is 29.0 Å². The van der Waals surface area contributed by atoms with Gasteiger partial charge in [-0.2, -0.15) is 5.10 Å². The summed E-state index contributed by atoms with van der Waals surface area (Å²) in [6.45, 7) is 1.90. The van der Waals surface area contributed by atoms with Gasteiger partial charge in [-0.05, 0) is 0 Å². The zero-order valence-electron chi connectivity index (χ0n) is 6.45. The van der Waals surface area contributed by atoms with Gasteiger partial charge in [-0.3, -0.25) is 0 Å². The van der Waals surface area contributed by atoms with Crippen molar-refractivity contribution in [2.75, 3.05) is 13.1 Å². The molecule has 1 fully saturated rings. The van der Waals surface area contributed by atoms with Crippen LogP contribution >= 0.6 is 0 Å². The van der Waals surface area contributed by atoms with Gasteiger partial charge in [-0.25, -0.2) is 4.68 Å². The van der Waals surface area contributed by atoms with Crippen LogP contribution in [0, 0.1) is 0 Å². The quantitative estimate of drug-likeness (QED) is 0.638. The Morgan fingerprint density at radius 1 is 1.73 bits per heavy atom. The van der Waals surface area contributed by atoms with Crippen molar-refractivity contribution in [1.82, 2.24) is 15.1 Å². The number of hydrogen-bond acceptors (Lipinski definition) is 3. The monoisotopic (exact) mass is 153 g/mol. The van der Waals surface area contributed by atoms with Crippen LogP contribution in [0.3, 0.4) is 0 Å². The summed E-state index contributed by atoms with van der Waals surface area (Å²) >= 11 is 0. The molecule has 0 radical (unpaired) electrons. The lowest BCUT2D eigenvalue weighted by Crippen LogP contribution is -2.50. The molecule has 1 aromatic rings. The average molecular weight is 153 g/mol. The van der Waals surface area contributed by atoms with Crippen LogP contribution < -0.4 is 10.1 Å². The summed E-state index contributed by atoms with van der Waals surface area (Å²) in [5.74, 6) is 0.844. The maximum absolute atomic E-state index is 5.56. The van der Waals surface area contributed by atoms with Gasteiger partial charge in [0.1, 0.15) is 6.10 Å². The van der Waals surface area contributed by atoms with Gasteiger partial charge in [0.2, 0.25) is 5.88 Å². The first kappa shape index (κ1) is 6.67. The molecular weight excluding hydrogens is 142 g/mol. The largest absolute Gasteiger partial charge is 0.472 e. The molecule has 0 saturated carbocycles. The van der Waals surface area contributed by atoms with Crippen LogP contribution in [0.25, 0.3) is 0 Å². The Balaban J connectivity index is 1.99. The SMILES string of the molecule is Cn1nccc1OC1CNC1. The molecular formula is C7H11N3O. The van der Waals surface area contributed by atoms with Crippen LogP contribution in [0.1, 0.15) is 0 Å². The van der Waals surface area contributed by atoms with Crippen LogP contribution in [0.4, 0.5) is 0 Å². The molecule has 2 rings (SSSR count). The number of hydrogen-bond donors (Lipinski definition) is 1. The summed E-state index contributed by atoms with van der Waals surface area (Å²) in [5.41, 5.74) is 0. The minimum atomic E-state index is 0.338. The standard InChI is InChI=1S/C7H11N3O/c1-10-7(2-3-9-10)11-6-4-8-5-6/h2-3,6,8H,4-5H2,1H3. The number of aromatic nitrogens is 2. The fraction of sp³-hybridized carbons (Fsp3) is 0.571. The average Bonchev–Trinajstić information content (AvgIpc) is 2.27. The van der Waals surface area contributed by atoms with Crippen LogP contribution in [0.5, 0.6) is 5.88 Å². The molecule has 0 bridgehead atoms. The molecule has 4 nitrogen and oxygen atoms in total. The summed E-state index contributed by atoms with van der Waals surface area (Å²) in [6, 6.07) is 1.87. The Bertz CT molecular complexity index is 242. The van der Waals surface area contributed by atoms with Crippen molar-refractivity contribution in [2.24, 2.45) is 7.05 Å². The maximum Gasteiger partial charge on any atom is 0.211 e. The molecule has 11 heavy (non-hydrogen) atoms. The second-order valence-corrected chi connectivity index (χ2v) is 2.69. The highest BCUT2D eigenvalue weighted by atomic mass is 16.5. The first-order valence-electron chi connectivity index (χ1n) is 3.71. The summed E-state index contributed by atoms with van der Waals surface area (Å²) in [6.07, 6.45) is 2.08. The Morgan fingerprint density at radius 2 is 2.55 bits per heavy atom. The Labute approximate surface area is 65.2 Å². The molecule has 1 aromatic heterocycles. The number of nitrogens with zero attached hydrogens (tertiary/aromatic N) is 2. The van der Waals surface area contributed by atoms with E-state index in [1.807, 2.05) is 13.1 Å². The number of nitrogens with one attached hydrogen (secondary N) is 1. The minimum absolute atomic E-state index is 0.338. The molecule has 0 atom stereocenters. The zero-order valence-corrected chi connectivity index (χ0v) is 6.45. The third-order valence-electron chi connectivity index (χ3n) is 1.81. The third kappa shape index (κ3) is 1.21. The fourth-order valence-corrected chi connectivity index (χ4v) is 0.994. The van der Waals surface area contributed by atoms with Crippen molar-refractivity contribution in [1.29, 1.82) is 0 Å². The lowest BCUT2D eigenvalue weighted by atomic mass is 10.2. The van der Waals surface area contributed by atoms with E-state index in [1.54, 1.807) is 10.9 Å². The molecule has 60 valence electrons. The van der Waals surface area contributed by atoms with Crippen LogP contribution in [0.2, 0.25) is 0 Å². The molecule has 1 N–H and O–H groups in total. The maximum atomic E-state index is 5.56. The van der Waals surface area contributed by atoms with E-state index >= 15 is 0 Å². The van der Waals surface area contributed by atoms with Crippen LogP contribution in [-0.2, 0) is 7.05 Å². The molecule has 1 saturated heterocycles. The second kappa shape index (κ2) is 2.54. The Morgan fingerprint density at radius 3 is 3.00 bits per heavy atom.